The van der Waals surface area contributed by atoms with Gasteiger partial charge in [0.1, 0.15) is 5.69 Å². The van der Waals surface area contributed by atoms with Crippen molar-refractivity contribution in [1.29, 1.82) is 0 Å². The van der Waals surface area contributed by atoms with Gasteiger partial charge in [0.2, 0.25) is 0 Å². The van der Waals surface area contributed by atoms with Gasteiger partial charge in [0.25, 0.3) is 0 Å². The predicted molar refractivity (Wildman–Crippen MR) is 30.2 cm³/mol. The molecule has 1 rings (SSSR count). The molecule has 0 amide bonds. The molecule has 2 heteroatoms. The van der Waals surface area contributed by atoms with Crippen LogP contribution in [0.2, 0.25) is 0 Å². The van der Waals surface area contributed by atoms with Crippen LogP contribution in [0.5, 0.6) is 0 Å². The molecule has 0 unspecified atom stereocenters. The average Bonchev–Trinajstić information content (AvgIpc) is 1.90. The molecule has 0 saturated carbocycles. The summed E-state index contributed by atoms with van der Waals surface area (Å²) in [6, 6.07) is 3.95. The van der Waals surface area contributed by atoms with Gasteiger partial charge in [-0.15, -0.1) is 5.10 Å². The molecule has 1 heterocycles. The van der Waals surface area contributed by atoms with Gasteiger partial charge >= 0.3 is 0 Å². The van der Waals surface area contributed by atoms with Crippen LogP contribution in [-0.4, -0.2) is 5.10 Å². The second-order valence-electron chi connectivity index (χ2n) is 1.61. The van der Waals surface area contributed by atoms with Crippen molar-refractivity contribution >= 4 is 0 Å². The molecule has 1 aromatic heterocycles. The fourth-order valence-corrected chi connectivity index (χ4v) is 0.557. The molecular weight excluding hydrogens is 100 g/mol. The number of aromatic nitrogens is 2. The summed E-state index contributed by atoms with van der Waals surface area (Å²) in [6.07, 6.45) is 2.80. The molecule has 2 nitrogen and oxygen atoms in total. The van der Waals surface area contributed by atoms with E-state index >= 15 is 0 Å². The highest BCUT2D eigenvalue weighted by Crippen LogP contribution is 1.86. The van der Waals surface area contributed by atoms with Crippen molar-refractivity contribution in [1.82, 2.24) is 5.10 Å². The van der Waals surface area contributed by atoms with Gasteiger partial charge in [-0.25, -0.2) is 0 Å². The molecule has 1 N–H and O–H groups in total. The van der Waals surface area contributed by atoms with Crippen LogP contribution in [0.4, 0.5) is 0 Å². The van der Waals surface area contributed by atoms with E-state index in [0.29, 0.717) is 0 Å². The maximum Gasteiger partial charge on any atom is 0.193 e. The van der Waals surface area contributed by atoms with Crippen molar-refractivity contribution in [2.75, 3.05) is 0 Å². The second kappa shape index (κ2) is 2.40. The molecule has 0 atom stereocenters. The van der Waals surface area contributed by atoms with Gasteiger partial charge in [-0.05, 0) is 17.6 Å². The van der Waals surface area contributed by atoms with E-state index in [4.69, 9.17) is 0 Å². The summed E-state index contributed by atoms with van der Waals surface area (Å²) in [5.74, 6) is 0. The molecule has 0 fully saturated rings. The molecule has 1 aromatic rings. The largest absolute Gasteiger partial charge is 0.193 e. The van der Waals surface area contributed by atoms with Gasteiger partial charge < -0.3 is 0 Å². The number of nitrogens with zero attached hydrogens (tertiary/aromatic N) is 1. The minimum atomic E-state index is 0.997. The Hall–Kier alpha value is -0.920. The van der Waals surface area contributed by atoms with Gasteiger partial charge in [0.05, 0.1) is 0 Å². The van der Waals surface area contributed by atoms with E-state index in [-0.39, 0.29) is 0 Å². The normalized spacial score (nSPS) is 9.12. The van der Waals surface area contributed by atoms with Gasteiger partial charge in [-0.1, -0.05) is 6.92 Å². The fourth-order valence-electron chi connectivity index (χ4n) is 0.557. The standard InChI is InChI=1S/C6H8N2/c1-2-6-4-3-5-7-8-6/h3-5H,2H2,1H3/p+1. The number of hydrogen-bond acceptors (Lipinski definition) is 1. The third kappa shape index (κ3) is 1.03. The Morgan fingerprint density at radius 1 is 1.75 bits per heavy atom. The molecule has 0 aliphatic carbocycles. The summed E-state index contributed by atoms with van der Waals surface area (Å²) < 4.78 is 0. The van der Waals surface area contributed by atoms with Crippen LogP contribution in [0.15, 0.2) is 18.3 Å². The zero-order valence-electron chi connectivity index (χ0n) is 4.89. The van der Waals surface area contributed by atoms with E-state index in [9.17, 15) is 0 Å². The van der Waals surface area contributed by atoms with E-state index in [0.717, 1.165) is 12.1 Å². The lowest BCUT2D eigenvalue weighted by molar-refractivity contribution is -0.456. The third-order valence-corrected chi connectivity index (χ3v) is 1.03. The Morgan fingerprint density at radius 3 is 3.00 bits per heavy atom. The molecule has 0 saturated heterocycles. The number of nitrogens with one attached hydrogen (secondary N) is 1. The number of aryl methyl sites for hydroxylation is 1. The molecule has 0 aromatic carbocycles. The van der Waals surface area contributed by atoms with E-state index in [2.05, 4.69) is 17.1 Å². The second-order valence-corrected chi connectivity index (χ2v) is 1.61. The number of H-pyrrole nitrogens is 1. The lowest BCUT2D eigenvalue weighted by Gasteiger charge is -1.82. The van der Waals surface area contributed by atoms with Crippen LogP contribution in [0, 0.1) is 0 Å². The first-order chi connectivity index (χ1) is 3.93. The summed E-state index contributed by atoms with van der Waals surface area (Å²) in [7, 11) is 0. The highest BCUT2D eigenvalue weighted by molar-refractivity contribution is 4.95. The molecule has 0 bridgehead atoms. The third-order valence-electron chi connectivity index (χ3n) is 1.03. The highest BCUT2D eigenvalue weighted by Gasteiger charge is 1.88. The zero-order chi connectivity index (χ0) is 5.82. The van der Waals surface area contributed by atoms with Crippen LogP contribution < -0.4 is 5.10 Å². The maximum absolute atomic E-state index is 3.97. The summed E-state index contributed by atoms with van der Waals surface area (Å²) in [5.41, 5.74) is 1.10. The predicted octanol–water partition coefficient (Wildman–Crippen LogP) is 0.458. The quantitative estimate of drug-likeness (QED) is 0.514. The molecule has 0 aliphatic heterocycles. The van der Waals surface area contributed by atoms with Crippen molar-refractivity contribution in [2.24, 2.45) is 0 Å². The Labute approximate surface area is 48.6 Å². The zero-order valence-corrected chi connectivity index (χ0v) is 4.89. The Balaban J connectivity index is 2.83. The molecule has 42 valence electrons. The average molecular weight is 109 g/mol. The first-order valence-electron chi connectivity index (χ1n) is 2.75. The summed E-state index contributed by atoms with van der Waals surface area (Å²) >= 11 is 0. The van der Waals surface area contributed by atoms with Gasteiger partial charge in [0.15, 0.2) is 6.20 Å². The first kappa shape index (κ1) is 5.22. The molecular formula is C6H9N2+. The van der Waals surface area contributed by atoms with Crippen molar-refractivity contribution in [3.63, 3.8) is 0 Å². The highest BCUT2D eigenvalue weighted by atomic mass is 15.1. The molecule has 8 heavy (non-hydrogen) atoms. The van der Waals surface area contributed by atoms with Gasteiger partial charge in [-0.2, -0.15) is 0 Å². The maximum atomic E-state index is 3.97. The SMILES string of the molecule is CCc1ccc[nH+]n1. The Bertz CT molecular complexity index is 148. The minimum absolute atomic E-state index is 0.997. The van der Waals surface area contributed by atoms with E-state index in [1.165, 1.54) is 0 Å². The molecule has 0 aliphatic rings. The van der Waals surface area contributed by atoms with Crippen LogP contribution in [-0.2, 0) is 6.42 Å². The molecule has 0 spiro atoms. The first-order valence-corrected chi connectivity index (χ1v) is 2.75. The van der Waals surface area contributed by atoms with E-state index in [1.54, 1.807) is 6.20 Å². The monoisotopic (exact) mass is 109 g/mol. The van der Waals surface area contributed by atoms with Gasteiger partial charge in [-0.3, -0.25) is 0 Å². The van der Waals surface area contributed by atoms with Gasteiger partial charge in [0, 0.05) is 6.07 Å². The molecule has 0 radical (unpaired) electrons. The summed E-state index contributed by atoms with van der Waals surface area (Å²) in [4.78, 5) is 0. The van der Waals surface area contributed by atoms with Crippen molar-refractivity contribution in [3.8, 4) is 0 Å². The fraction of sp³-hybridized carbons (Fsp3) is 0.333. The van der Waals surface area contributed by atoms with E-state index in [1.807, 2.05) is 12.1 Å². The van der Waals surface area contributed by atoms with Crippen LogP contribution >= 0.6 is 0 Å². The lowest BCUT2D eigenvalue weighted by atomic mass is 10.3. The Kier molecular flexibility index (Phi) is 1.57. The summed E-state index contributed by atoms with van der Waals surface area (Å²) in [6.45, 7) is 2.08. The van der Waals surface area contributed by atoms with Crippen LogP contribution in [0.3, 0.4) is 0 Å². The number of hydrogen-bond donors (Lipinski definition) is 0. The van der Waals surface area contributed by atoms with Crippen molar-refractivity contribution < 1.29 is 5.10 Å². The topological polar surface area (TPSA) is 27.0 Å². The number of aromatic amines is 1. The van der Waals surface area contributed by atoms with Crippen molar-refractivity contribution in [2.45, 2.75) is 13.3 Å². The van der Waals surface area contributed by atoms with E-state index < -0.39 is 0 Å². The summed E-state index contributed by atoms with van der Waals surface area (Å²) in [5, 5.41) is 6.73. The Morgan fingerprint density at radius 2 is 2.62 bits per heavy atom. The number of rotatable bonds is 1. The van der Waals surface area contributed by atoms with Crippen molar-refractivity contribution in [3.05, 3.63) is 24.0 Å². The van der Waals surface area contributed by atoms with Crippen LogP contribution in [0.1, 0.15) is 12.6 Å². The minimum Gasteiger partial charge on any atom is -0.106 e. The smallest absolute Gasteiger partial charge is 0.106 e. The van der Waals surface area contributed by atoms with Crippen LogP contribution in [0.25, 0.3) is 0 Å². The lowest BCUT2D eigenvalue weighted by Crippen LogP contribution is -2.08.